The number of hydrogen-bond acceptors (Lipinski definition) is 6. The van der Waals surface area contributed by atoms with Gasteiger partial charge in [0.25, 0.3) is 0 Å². The maximum Gasteiger partial charge on any atom is 0.306 e. The van der Waals surface area contributed by atoms with Crippen LogP contribution in [0.5, 0.6) is 0 Å². The smallest absolute Gasteiger partial charge is 0.306 e. The molecule has 416 valence electrons. The van der Waals surface area contributed by atoms with E-state index in [0.717, 1.165) is 128 Å². The van der Waals surface area contributed by atoms with Gasteiger partial charge in [-0.3, -0.25) is 14.4 Å². The number of hydrogen-bond donors (Lipinski definition) is 0. The van der Waals surface area contributed by atoms with E-state index in [1.165, 1.54) is 109 Å². The Morgan fingerprint density at radius 3 is 0.890 bits per heavy atom. The van der Waals surface area contributed by atoms with Crippen LogP contribution < -0.4 is 0 Å². The second-order valence-electron chi connectivity index (χ2n) is 19.9. The molecule has 0 heterocycles. The predicted octanol–water partition coefficient (Wildman–Crippen LogP) is 20.7. The average Bonchev–Trinajstić information content (AvgIpc) is 3.39. The largest absolute Gasteiger partial charge is 0.462 e. The molecule has 6 nitrogen and oxygen atoms in total. The Morgan fingerprint density at radius 2 is 0.548 bits per heavy atom. The lowest BCUT2D eigenvalue weighted by Crippen LogP contribution is -2.30. The minimum Gasteiger partial charge on any atom is -0.462 e. The first-order valence-corrected chi connectivity index (χ1v) is 30.4. The maximum atomic E-state index is 12.8. The Hall–Kier alpha value is -3.93. The number of allylic oxidation sites excluding steroid dienone is 18. The molecule has 0 saturated carbocycles. The molecule has 0 aromatic rings. The lowest BCUT2D eigenvalue weighted by atomic mass is 10.1. The van der Waals surface area contributed by atoms with Gasteiger partial charge in [0, 0.05) is 19.3 Å². The van der Waals surface area contributed by atoms with Gasteiger partial charge in [-0.05, 0) is 103 Å². The van der Waals surface area contributed by atoms with E-state index in [2.05, 4.69) is 130 Å². The summed E-state index contributed by atoms with van der Waals surface area (Å²) in [5.74, 6) is -0.899. The highest BCUT2D eigenvalue weighted by Gasteiger charge is 2.19. The number of carbonyl (C=O) groups is 3. The van der Waals surface area contributed by atoms with E-state index < -0.39 is 6.10 Å². The van der Waals surface area contributed by atoms with E-state index >= 15 is 0 Å². The van der Waals surface area contributed by atoms with Crippen LogP contribution in [-0.4, -0.2) is 37.2 Å². The quantitative estimate of drug-likeness (QED) is 0.0261. The average molecular weight is 1010 g/mol. The van der Waals surface area contributed by atoms with E-state index in [0.29, 0.717) is 19.3 Å². The molecule has 6 heteroatoms. The van der Waals surface area contributed by atoms with Crippen LogP contribution in [0.2, 0.25) is 0 Å². The van der Waals surface area contributed by atoms with E-state index in [9.17, 15) is 14.4 Å². The first-order valence-electron chi connectivity index (χ1n) is 30.4. The standard InChI is InChI=1S/C67H112O6/c1-4-7-10-13-16-19-22-23-24-25-26-27-28-29-30-31-32-33-34-35-36-37-38-39-40-41-42-43-46-48-51-54-57-60-66(69)72-63-64(73-67(70)61-58-55-52-49-45-21-18-15-12-9-6-3)62-71-65(68)59-56-53-50-47-44-20-17-14-11-8-5-2/h7,10,15-16,18-19,23-24,26-27,29-30,32-33,35-36,38-39,64H,4-6,8-9,11-14,17,20-22,25,28,31,34,37,40-63H2,1-3H3/b10-7-,18-15-,19-16-,24-23-,27-26-,30-29-,33-32-,36-35-,39-38-. The summed E-state index contributed by atoms with van der Waals surface area (Å²) in [6.45, 7) is 6.47. The third-order valence-corrected chi connectivity index (χ3v) is 12.8. The van der Waals surface area contributed by atoms with Crippen molar-refractivity contribution in [1.82, 2.24) is 0 Å². The van der Waals surface area contributed by atoms with Crippen LogP contribution in [0.1, 0.15) is 278 Å². The summed E-state index contributed by atoms with van der Waals surface area (Å²) in [6.07, 6.45) is 82.4. The Kier molecular flexibility index (Phi) is 57.4. The third-order valence-electron chi connectivity index (χ3n) is 12.8. The van der Waals surface area contributed by atoms with Crippen LogP contribution in [0.3, 0.4) is 0 Å². The minimum atomic E-state index is -0.783. The molecule has 0 bridgehead atoms. The van der Waals surface area contributed by atoms with E-state index in [1.807, 2.05) is 0 Å². The second-order valence-corrected chi connectivity index (χ2v) is 19.9. The fourth-order valence-corrected chi connectivity index (χ4v) is 8.20. The van der Waals surface area contributed by atoms with E-state index in [1.54, 1.807) is 0 Å². The molecule has 0 aliphatic carbocycles. The highest BCUT2D eigenvalue weighted by molar-refractivity contribution is 5.71. The van der Waals surface area contributed by atoms with Crippen molar-refractivity contribution in [1.29, 1.82) is 0 Å². The molecule has 0 rings (SSSR count). The lowest BCUT2D eigenvalue weighted by Gasteiger charge is -2.18. The van der Waals surface area contributed by atoms with Gasteiger partial charge in [-0.2, -0.15) is 0 Å². The van der Waals surface area contributed by atoms with Gasteiger partial charge in [-0.15, -0.1) is 0 Å². The first kappa shape index (κ1) is 69.1. The van der Waals surface area contributed by atoms with Gasteiger partial charge in [-0.25, -0.2) is 0 Å². The van der Waals surface area contributed by atoms with Crippen LogP contribution >= 0.6 is 0 Å². The zero-order valence-corrected chi connectivity index (χ0v) is 47.6. The lowest BCUT2D eigenvalue weighted by molar-refractivity contribution is -0.167. The third kappa shape index (κ3) is 58.8. The SMILES string of the molecule is CC/C=C\C/C=C\C/C=C\C/C=C\C/C=C\C/C=C\C/C=C\C/C=C\CCCCCCCCCCC(=O)OCC(COC(=O)CCCCCCCCCCCCC)OC(=O)CCCCCCC/C=C\CCCC. The number of rotatable bonds is 54. The van der Waals surface area contributed by atoms with Crippen LogP contribution in [0.4, 0.5) is 0 Å². The molecule has 0 amide bonds. The molecule has 0 aliphatic heterocycles. The highest BCUT2D eigenvalue weighted by atomic mass is 16.6. The summed E-state index contributed by atoms with van der Waals surface area (Å²) < 4.78 is 16.8. The molecule has 0 aliphatic rings. The fraction of sp³-hybridized carbons (Fsp3) is 0.687. The van der Waals surface area contributed by atoms with Gasteiger partial charge >= 0.3 is 17.9 Å². The van der Waals surface area contributed by atoms with Gasteiger partial charge in [0.2, 0.25) is 0 Å². The van der Waals surface area contributed by atoms with Crippen molar-refractivity contribution in [3.63, 3.8) is 0 Å². The molecule has 0 saturated heterocycles. The van der Waals surface area contributed by atoms with Crippen LogP contribution in [0.15, 0.2) is 109 Å². The molecule has 0 aromatic heterocycles. The van der Waals surface area contributed by atoms with Crippen molar-refractivity contribution in [3.05, 3.63) is 109 Å². The van der Waals surface area contributed by atoms with Gasteiger partial charge in [-0.1, -0.05) is 265 Å². The normalized spacial score (nSPS) is 12.9. The minimum absolute atomic E-state index is 0.0817. The van der Waals surface area contributed by atoms with Crippen molar-refractivity contribution in [2.24, 2.45) is 0 Å². The molecule has 0 N–H and O–H groups in total. The first-order chi connectivity index (χ1) is 36.0. The Morgan fingerprint density at radius 1 is 0.288 bits per heavy atom. The molecule has 0 radical (unpaired) electrons. The monoisotopic (exact) mass is 1010 g/mol. The van der Waals surface area contributed by atoms with E-state index in [-0.39, 0.29) is 31.1 Å². The van der Waals surface area contributed by atoms with Crippen molar-refractivity contribution in [2.75, 3.05) is 13.2 Å². The number of esters is 3. The number of ether oxygens (including phenoxy) is 3. The maximum absolute atomic E-state index is 12.8. The molecular weight excluding hydrogens is 901 g/mol. The van der Waals surface area contributed by atoms with Crippen molar-refractivity contribution in [2.45, 2.75) is 284 Å². The van der Waals surface area contributed by atoms with Crippen LogP contribution in [0.25, 0.3) is 0 Å². The summed E-state index contributed by atoms with van der Waals surface area (Å²) in [6, 6.07) is 0. The van der Waals surface area contributed by atoms with Crippen LogP contribution in [-0.2, 0) is 28.6 Å². The molecule has 0 fully saturated rings. The van der Waals surface area contributed by atoms with Gasteiger partial charge in [0.15, 0.2) is 6.10 Å². The Balaban J connectivity index is 4.17. The number of unbranched alkanes of at least 4 members (excludes halogenated alkanes) is 25. The Bertz CT molecular complexity index is 1490. The van der Waals surface area contributed by atoms with Crippen molar-refractivity contribution in [3.8, 4) is 0 Å². The summed E-state index contributed by atoms with van der Waals surface area (Å²) in [5.41, 5.74) is 0. The van der Waals surface area contributed by atoms with Crippen molar-refractivity contribution < 1.29 is 28.6 Å². The second kappa shape index (κ2) is 60.6. The topological polar surface area (TPSA) is 78.9 Å². The van der Waals surface area contributed by atoms with Crippen LogP contribution in [0, 0.1) is 0 Å². The van der Waals surface area contributed by atoms with Gasteiger partial charge < -0.3 is 14.2 Å². The van der Waals surface area contributed by atoms with Gasteiger partial charge in [0.1, 0.15) is 13.2 Å². The zero-order chi connectivity index (χ0) is 52.9. The molecule has 1 atom stereocenters. The summed E-state index contributed by atoms with van der Waals surface area (Å²) in [7, 11) is 0. The number of carbonyl (C=O) groups excluding carboxylic acids is 3. The summed E-state index contributed by atoms with van der Waals surface area (Å²) in [4.78, 5) is 38.0. The molecule has 73 heavy (non-hydrogen) atoms. The molecule has 0 aromatic carbocycles. The van der Waals surface area contributed by atoms with E-state index in [4.69, 9.17) is 14.2 Å². The van der Waals surface area contributed by atoms with Crippen molar-refractivity contribution >= 4 is 17.9 Å². The fourth-order valence-electron chi connectivity index (χ4n) is 8.20. The Labute approximate surface area is 450 Å². The molecule has 0 spiro atoms. The summed E-state index contributed by atoms with van der Waals surface area (Å²) in [5, 5.41) is 0. The highest BCUT2D eigenvalue weighted by Crippen LogP contribution is 2.15. The van der Waals surface area contributed by atoms with Gasteiger partial charge in [0.05, 0.1) is 0 Å². The molecule has 1 unspecified atom stereocenters. The predicted molar refractivity (Wildman–Crippen MR) is 316 cm³/mol. The summed E-state index contributed by atoms with van der Waals surface area (Å²) >= 11 is 0. The zero-order valence-electron chi connectivity index (χ0n) is 47.6. The molecular formula is C67H112O6.